The van der Waals surface area contributed by atoms with Crippen molar-refractivity contribution < 1.29 is 14.0 Å². The summed E-state index contributed by atoms with van der Waals surface area (Å²) in [5.41, 5.74) is 2.61. The summed E-state index contributed by atoms with van der Waals surface area (Å²) in [5.74, 6) is -0.536. The largest absolute Gasteiger partial charge is 0.354 e. The van der Waals surface area contributed by atoms with Crippen LogP contribution < -0.4 is 10.2 Å². The lowest BCUT2D eigenvalue weighted by molar-refractivity contribution is 0.0719. The number of halogens is 1. The number of hydrogen-bond donors (Lipinski definition) is 1. The third-order valence-corrected chi connectivity index (χ3v) is 5.14. The van der Waals surface area contributed by atoms with Gasteiger partial charge in [0.05, 0.1) is 11.3 Å². The number of carbonyl (C=O) groups excluding carboxylic acids is 2. The molecule has 1 saturated heterocycles. The first kappa shape index (κ1) is 16.6. The van der Waals surface area contributed by atoms with Crippen LogP contribution in [0, 0.1) is 5.82 Å². The number of hydrogen-bond acceptors (Lipinski definition) is 3. The zero-order valence-corrected chi connectivity index (χ0v) is 14.5. The van der Waals surface area contributed by atoms with Gasteiger partial charge in [0.25, 0.3) is 11.8 Å². The molecule has 134 valence electrons. The minimum absolute atomic E-state index is 0.0346. The molecule has 4 rings (SSSR count). The molecular weight excluding hydrogens is 333 g/mol. The maximum atomic E-state index is 13.2. The number of anilines is 1. The Hall–Kier alpha value is -2.89. The second kappa shape index (κ2) is 6.44. The van der Waals surface area contributed by atoms with Crippen molar-refractivity contribution >= 4 is 17.5 Å². The van der Waals surface area contributed by atoms with Crippen molar-refractivity contribution in [2.45, 2.75) is 25.6 Å². The van der Waals surface area contributed by atoms with Crippen molar-refractivity contribution in [1.29, 1.82) is 0 Å². The van der Waals surface area contributed by atoms with Gasteiger partial charge in [0.1, 0.15) is 12.0 Å². The van der Waals surface area contributed by atoms with Crippen LogP contribution >= 0.6 is 0 Å². The van der Waals surface area contributed by atoms with Gasteiger partial charge in [-0.05, 0) is 48.7 Å². The highest BCUT2D eigenvalue weighted by Gasteiger charge is 2.38. The Morgan fingerprint density at radius 3 is 2.92 bits per heavy atom. The van der Waals surface area contributed by atoms with Gasteiger partial charge in [-0.25, -0.2) is 4.39 Å². The number of amides is 2. The Morgan fingerprint density at radius 1 is 1.27 bits per heavy atom. The molecule has 1 N–H and O–H groups in total. The van der Waals surface area contributed by atoms with Crippen molar-refractivity contribution in [3.8, 4) is 0 Å². The Morgan fingerprint density at radius 2 is 2.12 bits per heavy atom. The van der Waals surface area contributed by atoms with Crippen LogP contribution in [0.5, 0.6) is 0 Å². The van der Waals surface area contributed by atoms with Crippen molar-refractivity contribution in [3.05, 3.63) is 65.0 Å². The lowest BCUT2D eigenvalue weighted by Crippen LogP contribution is -2.50. The maximum absolute atomic E-state index is 13.2. The molecule has 1 fully saturated rings. The summed E-state index contributed by atoms with van der Waals surface area (Å²) in [5, 5.41) is 2.80. The van der Waals surface area contributed by atoms with Gasteiger partial charge < -0.3 is 15.1 Å². The highest BCUT2D eigenvalue weighted by Crippen LogP contribution is 2.35. The predicted octanol–water partition coefficient (Wildman–Crippen LogP) is 2.77. The van der Waals surface area contributed by atoms with Gasteiger partial charge in [0, 0.05) is 25.7 Å². The molecule has 0 saturated carbocycles. The molecule has 2 aliphatic heterocycles. The fourth-order valence-electron chi connectivity index (χ4n) is 3.78. The van der Waals surface area contributed by atoms with E-state index in [4.69, 9.17) is 0 Å². The van der Waals surface area contributed by atoms with E-state index >= 15 is 0 Å². The zero-order valence-electron chi connectivity index (χ0n) is 14.5. The summed E-state index contributed by atoms with van der Waals surface area (Å²) < 4.78 is 13.2. The summed E-state index contributed by atoms with van der Waals surface area (Å²) in [6, 6.07) is 11.3. The van der Waals surface area contributed by atoms with Crippen LogP contribution in [0.15, 0.2) is 42.5 Å². The first-order valence-electron chi connectivity index (χ1n) is 8.75. The first-order valence-corrected chi connectivity index (χ1v) is 8.75. The summed E-state index contributed by atoms with van der Waals surface area (Å²) in [7, 11) is 1.96. The topological polar surface area (TPSA) is 52.7 Å². The van der Waals surface area contributed by atoms with Crippen LogP contribution in [-0.2, 0) is 6.54 Å². The number of fused-ring (bicyclic) bond motifs is 2. The standard InChI is InChI=1S/C20H20FN3O2/c1-23-17-11-14(19(25)22-12-13-4-2-5-15(21)10-13)7-8-16(17)20(26)24-9-3-6-18(23)24/h2,4-5,7-8,10-11,18H,3,6,9,12H2,1H3,(H,22,25)/t18-/m1/s1. The smallest absolute Gasteiger partial charge is 0.257 e. The number of nitrogens with zero attached hydrogens (tertiary/aromatic N) is 2. The predicted molar refractivity (Wildman–Crippen MR) is 96.5 cm³/mol. The van der Waals surface area contributed by atoms with Crippen LogP contribution in [0.4, 0.5) is 10.1 Å². The van der Waals surface area contributed by atoms with Crippen molar-refractivity contribution in [1.82, 2.24) is 10.2 Å². The molecule has 0 unspecified atom stereocenters. The van der Waals surface area contributed by atoms with E-state index in [0.717, 1.165) is 25.1 Å². The van der Waals surface area contributed by atoms with E-state index in [1.165, 1.54) is 12.1 Å². The minimum Gasteiger partial charge on any atom is -0.354 e. The van der Waals surface area contributed by atoms with Gasteiger partial charge in [-0.15, -0.1) is 0 Å². The molecule has 6 heteroatoms. The number of carbonyl (C=O) groups is 2. The molecule has 26 heavy (non-hydrogen) atoms. The first-order chi connectivity index (χ1) is 12.5. The SMILES string of the molecule is CN1c2cc(C(=O)NCc3cccc(F)c3)ccc2C(=O)N2CCC[C@@H]21. The molecule has 2 heterocycles. The zero-order chi connectivity index (χ0) is 18.3. The molecule has 2 aliphatic rings. The highest BCUT2D eigenvalue weighted by molar-refractivity contribution is 6.04. The molecule has 5 nitrogen and oxygen atoms in total. The van der Waals surface area contributed by atoms with E-state index in [1.807, 2.05) is 11.9 Å². The minimum atomic E-state index is -0.327. The van der Waals surface area contributed by atoms with Crippen LogP contribution in [0.2, 0.25) is 0 Å². The molecule has 2 aromatic carbocycles. The Kier molecular flexibility index (Phi) is 4.11. The van der Waals surface area contributed by atoms with Crippen LogP contribution in [0.25, 0.3) is 0 Å². The molecular formula is C20H20FN3O2. The Bertz CT molecular complexity index is 883. The Balaban J connectivity index is 1.54. The molecule has 0 bridgehead atoms. The van der Waals surface area contributed by atoms with E-state index in [2.05, 4.69) is 10.2 Å². The lowest BCUT2D eigenvalue weighted by Gasteiger charge is -2.40. The van der Waals surface area contributed by atoms with Crippen LogP contribution in [0.3, 0.4) is 0 Å². The molecule has 0 radical (unpaired) electrons. The third kappa shape index (κ3) is 2.81. The average molecular weight is 353 g/mol. The van der Waals surface area contributed by atoms with E-state index in [9.17, 15) is 14.0 Å². The second-order valence-corrected chi connectivity index (χ2v) is 6.78. The molecule has 0 aromatic heterocycles. The maximum Gasteiger partial charge on any atom is 0.257 e. The lowest BCUT2D eigenvalue weighted by atomic mass is 10.0. The van der Waals surface area contributed by atoms with E-state index in [1.54, 1.807) is 30.3 Å². The van der Waals surface area contributed by atoms with Gasteiger partial charge in [-0.1, -0.05) is 12.1 Å². The molecule has 0 spiro atoms. The number of nitrogens with one attached hydrogen (secondary N) is 1. The number of benzene rings is 2. The second-order valence-electron chi connectivity index (χ2n) is 6.78. The molecule has 0 aliphatic carbocycles. The summed E-state index contributed by atoms with van der Waals surface area (Å²) >= 11 is 0. The summed E-state index contributed by atoms with van der Waals surface area (Å²) in [6.45, 7) is 1.03. The quantitative estimate of drug-likeness (QED) is 0.923. The third-order valence-electron chi connectivity index (χ3n) is 5.14. The summed E-state index contributed by atoms with van der Waals surface area (Å²) in [4.78, 5) is 29.1. The van der Waals surface area contributed by atoms with Gasteiger partial charge in [0.2, 0.25) is 0 Å². The molecule has 2 aromatic rings. The number of rotatable bonds is 3. The molecule has 2 amide bonds. The van der Waals surface area contributed by atoms with E-state index in [-0.39, 0.29) is 30.3 Å². The average Bonchev–Trinajstić information content (AvgIpc) is 3.14. The summed E-state index contributed by atoms with van der Waals surface area (Å²) in [6.07, 6.45) is 2.01. The highest BCUT2D eigenvalue weighted by atomic mass is 19.1. The van der Waals surface area contributed by atoms with Gasteiger partial charge in [0.15, 0.2) is 0 Å². The van der Waals surface area contributed by atoms with Gasteiger partial charge in [-0.3, -0.25) is 9.59 Å². The van der Waals surface area contributed by atoms with Crippen molar-refractivity contribution in [2.24, 2.45) is 0 Å². The van der Waals surface area contributed by atoms with Crippen LogP contribution in [-0.4, -0.2) is 36.5 Å². The fraction of sp³-hybridized carbons (Fsp3) is 0.300. The normalized spacial score (nSPS) is 18.5. The van der Waals surface area contributed by atoms with Crippen molar-refractivity contribution in [3.63, 3.8) is 0 Å². The van der Waals surface area contributed by atoms with Crippen molar-refractivity contribution in [2.75, 3.05) is 18.5 Å². The van der Waals surface area contributed by atoms with E-state index < -0.39 is 0 Å². The molecule has 1 atom stereocenters. The van der Waals surface area contributed by atoms with Crippen LogP contribution in [0.1, 0.15) is 39.1 Å². The fourth-order valence-corrected chi connectivity index (χ4v) is 3.78. The van der Waals surface area contributed by atoms with E-state index in [0.29, 0.717) is 16.7 Å². The van der Waals surface area contributed by atoms with Gasteiger partial charge in [-0.2, -0.15) is 0 Å². The monoisotopic (exact) mass is 353 g/mol. The van der Waals surface area contributed by atoms with Gasteiger partial charge >= 0.3 is 0 Å². The Labute approximate surface area is 151 Å².